The zero-order valence-electron chi connectivity index (χ0n) is 10.9. The van der Waals surface area contributed by atoms with Crippen molar-refractivity contribution in [2.45, 2.75) is 54.4 Å². The summed E-state index contributed by atoms with van der Waals surface area (Å²) >= 11 is 0. The van der Waals surface area contributed by atoms with Crippen molar-refractivity contribution in [3.63, 3.8) is 0 Å². The molecule has 1 saturated carbocycles. The fourth-order valence-electron chi connectivity index (χ4n) is 3.63. The SMILES string of the molecule is CC(C)C1[C@H](C(C)C)CC[C@H]1C(C)C. The molecule has 0 N–H and O–H groups in total. The molecule has 0 heteroatoms. The smallest absolute Gasteiger partial charge is 0.0329 e. The minimum absolute atomic E-state index is 0.872. The van der Waals surface area contributed by atoms with Crippen molar-refractivity contribution < 1.29 is 0 Å². The highest BCUT2D eigenvalue weighted by molar-refractivity contribution is 4.89. The van der Waals surface area contributed by atoms with Gasteiger partial charge in [0.1, 0.15) is 0 Å². The maximum absolute atomic E-state index is 2.42. The van der Waals surface area contributed by atoms with E-state index in [4.69, 9.17) is 0 Å². The standard InChI is InChI=1S/C14H28/c1-9(2)12-7-8-13(10(3)4)14(12)11(5)6/h9-14H,7-8H2,1-6H3/t12-,13-/m0/s1. The van der Waals surface area contributed by atoms with Crippen molar-refractivity contribution in [3.8, 4) is 0 Å². The molecule has 84 valence electrons. The maximum Gasteiger partial charge on any atom is -0.0329 e. The third kappa shape index (κ3) is 2.32. The third-order valence-electron chi connectivity index (χ3n) is 4.30. The van der Waals surface area contributed by atoms with Crippen molar-refractivity contribution in [2.75, 3.05) is 0 Å². The normalized spacial score (nSPS) is 33.6. The van der Waals surface area contributed by atoms with Crippen LogP contribution in [0.4, 0.5) is 0 Å². The maximum atomic E-state index is 2.42. The summed E-state index contributed by atoms with van der Waals surface area (Å²) in [5, 5.41) is 0. The highest BCUT2D eigenvalue weighted by Gasteiger charge is 2.40. The van der Waals surface area contributed by atoms with Crippen molar-refractivity contribution in [2.24, 2.45) is 35.5 Å². The first-order valence-electron chi connectivity index (χ1n) is 6.45. The second-order valence-corrected chi connectivity index (χ2v) is 6.21. The van der Waals surface area contributed by atoms with Crippen molar-refractivity contribution >= 4 is 0 Å². The Morgan fingerprint density at radius 2 is 1.00 bits per heavy atom. The van der Waals surface area contributed by atoms with Crippen LogP contribution in [0.1, 0.15) is 54.4 Å². The Balaban J connectivity index is 2.74. The molecule has 14 heavy (non-hydrogen) atoms. The largest absolute Gasteiger partial charge is 0.0625 e. The molecule has 1 fully saturated rings. The van der Waals surface area contributed by atoms with Gasteiger partial charge in [0.25, 0.3) is 0 Å². The van der Waals surface area contributed by atoms with E-state index >= 15 is 0 Å². The summed E-state index contributed by atoms with van der Waals surface area (Å²) in [6.07, 6.45) is 2.95. The van der Waals surface area contributed by atoms with Gasteiger partial charge in [-0.2, -0.15) is 0 Å². The Kier molecular flexibility index (Phi) is 4.04. The van der Waals surface area contributed by atoms with Gasteiger partial charge in [-0.25, -0.2) is 0 Å². The van der Waals surface area contributed by atoms with Crippen LogP contribution < -0.4 is 0 Å². The van der Waals surface area contributed by atoms with Gasteiger partial charge in [0.2, 0.25) is 0 Å². The first kappa shape index (κ1) is 12.1. The highest BCUT2D eigenvalue weighted by Crippen LogP contribution is 2.47. The number of rotatable bonds is 3. The van der Waals surface area contributed by atoms with Gasteiger partial charge >= 0.3 is 0 Å². The van der Waals surface area contributed by atoms with Crippen LogP contribution in [0.3, 0.4) is 0 Å². The Morgan fingerprint density at radius 3 is 1.21 bits per heavy atom. The van der Waals surface area contributed by atoms with E-state index < -0.39 is 0 Å². The lowest BCUT2D eigenvalue weighted by Crippen LogP contribution is -2.26. The minimum Gasteiger partial charge on any atom is -0.0625 e. The molecule has 0 aromatic heterocycles. The molecule has 0 aromatic rings. The third-order valence-corrected chi connectivity index (χ3v) is 4.30. The Bertz CT molecular complexity index is 151. The van der Waals surface area contributed by atoms with Gasteiger partial charge in [-0.15, -0.1) is 0 Å². The van der Waals surface area contributed by atoms with Crippen molar-refractivity contribution in [1.82, 2.24) is 0 Å². The van der Waals surface area contributed by atoms with E-state index in [1.165, 1.54) is 12.8 Å². The molecule has 1 rings (SSSR count). The summed E-state index contributed by atoms with van der Waals surface area (Å²) in [4.78, 5) is 0. The fourth-order valence-corrected chi connectivity index (χ4v) is 3.63. The summed E-state index contributed by atoms with van der Waals surface area (Å²) in [6, 6.07) is 0. The Morgan fingerprint density at radius 1 is 0.643 bits per heavy atom. The first-order chi connectivity index (χ1) is 6.45. The van der Waals surface area contributed by atoms with Crippen LogP contribution in [-0.4, -0.2) is 0 Å². The lowest BCUT2D eigenvalue weighted by atomic mass is 9.73. The zero-order valence-corrected chi connectivity index (χ0v) is 10.9. The summed E-state index contributed by atoms with van der Waals surface area (Å²) in [5.41, 5.74) is 0. The molecule has 0 unspecified atom stereocenters. The molecule has 0 saturated heterocycles. The summed E-state index contributed by atoms with van der Waals surface area (Å²) in [5.74, 6) is 5.59. The van der Waals surface area contributed by atoms with Gasteiger partial charge in [-0.3, -0.25) is 0 Å². The zero-order chi connectivity index (χ0) is 10.9. The summed E-state index contributed by atoms with van der Waals surface area (Å²) in [6.45, 7) is 14.5. The van der Waals surface area contributed by atoms with Crippen LogP contribution in [0.25, 0.3) is 0 Å². The first-order valence-corrected chi connectivity index (χ1v) is 6.45. The predicted octanol–water partition coefficient (Wildman–Crippen LogP) is 4.60. The monoisotopic (exact) mass is 196 g/mol. The van der Waals surface area contributed by atoms with E-state index in [1.807, 2.05) is 0 Å². The van der Waals surface area contributed by atoms with Gasteiger partial charge in [0.15, 0.2) is 0 Å². The number of hydrogen-bond acceptors (Lipinski definition) is 0. The molecule has 0 radical (unpaired) electrons. The van der Waals surface area contributed by atoms with Gasteiger partial charge in [-0.1, -0.05) is 41.5 Å². The van der Waals surface area contributed by atoms with Crippen LogP contribution in [-0.2, 0) is 0 Å². The van der Waals surface area contributed by atoms with E-state index in [9.17, 15) is 0 Å². The minimum atomic E-state index is 0.872. The summed E-state index contributed by atoms with van der Waals surface area (Å²) in [7, 11) is 0. The molecule has 0 nitrogen and oxygen atoms in total. The van der Waals surface area contributed by atoms with Crippen LogP contribution in [0.15, 0.2) is 0 Å². The number of hydrogen-bond donors (Lipinski definition) is 0. The second-order valence-electron chi connectivity index (χ2n) is 6.21. The lowest BCUT2D eigenvalue weighted by Gasteiger charge is -2.32. The van der Waals surface area contributed by atoms with Gasteiger partial charge in [0.05, 0.1) is 0 Å². The quantitative estimate of drug-likeness (QED) is 0.619. The molecule has 0 amide bonds. The predicted molar refractivity (Wildman–Crippen MR) is 64.2 cm³/mol. The fraction of sp³-hybridized carbons (Fsp3) is 1.00. The molecule has 0 heterocycles. The van der Waals surface area contributed by atoms with Crippen LogP contribution in [0.2, 0.25) is 0 Å². The molecule has 0 aliphatic heterocycles. The molecule has 2 atom stereocenters. The van der Waals surface area contributed by atoms with E-state index in [0.717, 1.165) is 35.5 Å². The molecule has 0 aromatic carbocycles. The topological polar surface area (TPSA) is 0 Å². The lowest BCUT2D eigenvalue weighted by molar-refractivity contribution is 0.159. The average Bonchev–Trinajstić information content (AvgIpc) is 2.46. The van der Waals surface area contributed by atoms with Gasteiger partial charge < -0.3 is 0 Å². The van der Waals surface area contributed by atoms with Gasteiger partial charge in [-0.05, 0) is 48.3 Å². The van der Waals surface area contributed by atoms with E-state index in [1.54, 1.807) is 0 Å². The van der Waals surface area contributed by atoms with Crippen molar-refractivity contribution in [3.05, 3.63) is 0 Å². The Labute approximate surface area is 90.5 Å². The van der Waals surface area contributed by atoms with E-state index in [-0.39, 0.29) is 0 Å². The summed E-state index contributed by atoms with van der Waals surface area (Å²) < 4.78 is 0. The molecular weight excluding hydrogens is 168 g/mol. The van der Waals surface area contributed by atoms with Crippen LogP contribution >= 0.6 is 0 Å². The molecule has 0 spiro atoms. The molecule has 0 bridgehead atoms. The molecule has 1 aliphatic carbocycles. The van der Waals surface area contributed by atoms with E-state index in [2.05, 4.69) is 41.5 Å². The highest BCUT2D eigenvalue weighted by atomic mass is 14.4. The van der Waals surface area contributed by atoms with Crippen molar-refractivity contribution in [1.29, 1.82) is 0 Å². The molecule has 1 aliphatic rings. The van der Waals surface area contributed by atoms with Crippen LogP contribution in [0, 0.1) is 35.5 Å². The average molecular weight is 196 g/mol. The molecular formula is C14H28. The van der Waals surface area contributed by atoms with Gasteiger partial charge in [0, 0.05) is 0 Å². The van der Waals surface area contributed by atoms with E-state index in [0.29, 0.717) is 0 Å². The Hall–Kier alpha value is 0. The van der Waals surface area contributed by atoms with Crippen LogP contribution in [0.5, 0.6) is 0 Å². The second kappa shape index (κ2) is 4.68.